The van der Waals surface area contributed by atoms with E-state index in [9.17, 15) is 9.90 Å². The Balaban J connectivity index is 1.37. The van der Waals surface area contributed by atoms with Gasteiger partial charge in [-0.3, -0.25) is 4.79 Å². The zero-order valence-corrected chi connectivity index (χ0v) is 15.9. The highest BCUT2D eigenvalue weighted by molar-refractivity contribution is 6.30. The van der Waals surface area contributed by atoms with Crippen molar-refractivity contribution in [3.8, 4) is 5.75 Å². The van der Waals surface area contributed by atoms with Crippen LogP contribution in [0.25, 0.3) is 11.0 Å². The fourth-order valence-electron chi connectivity index (χ4n) is 2.65. The van der Waals surface area contributed by atoms with E-state index < -0.39 is 12.0 Å². The van der Waals surface area contributed by atoms with Gasteiger partial charge in [-0.05, 0) is 42.5 Å². The van der Waals surface area contributed by atoms with Crippen LogP contribution < -0.4 is 21.1 Å². The topological polar surface area (TPSA) is 110 Å². The Morgan fingerprint density at radius 1 is 1.21 bits per heavy atom. The van der Waals surface area contributed by atoms with Crippen molar-refractivity contribution in [2.24, 2.45) is 5.73 Å². The number of anilines is 1. The minimum absolute atomic E-state index is 0.0998. The van der Waals surface area contributed by atoms with Gasteiger partial charge in [0, 0.05) is 35.7 Å². The van der Waals surface area contributed by atoms with Gasteiger partial charge in [-0.25, -0.2) is 0 Å². The van der Waals surface area contributed by atoms with Crippen molar-refractivity contribution in [3.05, 3.63) is 59.3 Å². The predicted molar refractivity (Wildman–Crippen MR) is 109 cm³/mol. The zero-order chi connectivity index (χ0) is 19.9. The molecule has 1 atom stereocenters. The Hall–Kier alpha value is -2.74. The van der Waals surface area contributed by atoms with Gasteiger partial charge in [0.25, 0.3) is 5.91 Å². The molecule has 5 N–H and O–H groups in total. The quantitative estimate of drug-likeness (QED) is 0.387. The molecule has 0 fully saturated rings. The molecule has 3 aromatic rings. The molecule has 0 aliphatic rings. The molecule has 1 aromatic heterocycles. The Morgan fingerprint density at radius 3 is 2.86 bits per heavy atom. The molecule has 0 aliphatic carbocycles. The summed E-state index contributed by atoms with van der Waals surface area (Å²) in [6, 6.07) is 14.2. The number of benzene rings is 2. The Kier molecular flexibility index (Phi) is 6.76. The van der Waals surface area contributed by atoms with Crippen molar-refractivity contribution in [3.63, 3.8) is 0 Å². The first-order valence-corrected chi connectivity index (χ1v) is 9.23. The molecule has 7 nitrogen and oxygen atoms in total. The summed E-state index contributed by atoms with van der Waals surface area (Å²) in [7, 11) is 0. The van der Waals surface area contributed by atoms with E-state index in [0.29, 0.717) is 41.4 Å². The van der Waals surface area contributed by atoms with Crippen molar-refractivity contribution in [2.45, 2.75) is 6.10 Å². The van der Waals surface area contributed by atoms with Crippen LogP contribution in [0.5, 0.6) is 5.75 Å². The SMILES string of the molecule is NC(=O)c1cc2cc(OCC(O)CNCCNc3cccc(Cl)c3)ccc2o1. The number of aliphatic hydroxyl groups excluding tert-OH is 1. The fraction of sp³-hybridized carbons (Fsp3) is 0.250. The molecule has 0 saturated heterocycles. The van der Waals surface area contributed by atoms with Gasteiger partial charge in [-0.1, -0.05) is 17.7 Å². The average Bonchev–Trinajstić information content (AvgIpc) is 3.10. The zero-order valence-electron chi connectivity index (χ0n) is 15.2. The van der Waals surface area contributed by atoms with Crippen LogP contribution in [-0.2, 0) is 0 Å². The minimum atomic E-state index is -0.660. The standard InChI is InChI=1S/C20H22ClN3O4/c21-14-2-1-3-15(10-14)24-7-6-23-11-16(25)12-27-17-4-5-18-13(8-17)9-19(28-18)20(22)26/h1-5,8-10,16,23-25H,6-7,11-12H2,(H2,22,26). The van der Waals surface area contributed by atoms with Crippen LogP contribution in [0.15, 0.2) is 52.9 Å². The third-order valence-electron chi connectivity index (χ3n) is 4.01. The van der Waals surface area contributed by atoms with E-state index in [1.807, 2.05) is 24.3 Å². The van der Waals surface area contributed by atoms with E-state index in [1.165, 1.54) is 0 Å². The number of carbonyl (C=O) groups is 1. The maximum atomic E-state index is 11.2. The van der Waals surface area contributed by atoms with Gasteiger partial charge in [-0.15, -0.1) is 0 Å². The number of nitrogens with two attached hydrogens (primary N) is 1. The molecule has 8 heteroatoms. The lowest BCUT2D eigenvalue weighted by Crippen LogP contribution is -2.34. The predicted octanol–water partition coefficient (Wildman–Crippen LogP) is 2.63. The second kappa shape index (κ2) is 9.45. The van der Waals surface area contributed by atoms with Crippen LogP contribution in [0.4, 0.5) is 5.69 Å². The molecular formula is C20H22ClN3O4. The molecule has 1 heterocycles. The number of hydrogen-bond donors (Lipinski definition) is 4. The molecule has 0 spiro atoms. The molecule has 0 bridgehead atoms. The number of rotatable bonds is 10. The third-order valence-corrected chi connectivity index (χ3v) is 4.24. The normalized spacial score (nSPS) is 12.1. The molecule has 148 valence electrons. The van der Waals surface area contributed by atoms with E-state index >= 15 is 0 Å². The van der Waals surface area contributed by atoms with Crippen LogP contribution in [0.2, 0.25) is 5.02 Å². The highest BCUT2D eigenvalue weighted by Gasteiger charge is 2.10. The lowest BCUT2D eigenvalue weighted by molar-refractivity contribution is 0.0976. The van der Waals surface area contributed by atoms with Crippen molar-refractivity contribution in [2.75, 3.05) is 31.6 Å². The molecular weight excluding hydrogens is 382 g/mol. The number of fused-ring (bicyclic) bond motifs is 1. The second-order valence-electron chi connectivity index (χ2n) is 6.28. The summed E-state index contributed by atoms with van der Waals surface area (Å²) < 4.78 is 10.9. The molecule has 2 aromatic carbocycles. The molecule has 1 unspecified atom stereocenters. The Labute approximate surface area is 167 Å². The maximum absolute atomic E-state index is 11.2. The Morgan fingerprint density at radius 2 is 2.07 bits per heavy atom. The Bertz CT molecular complexity index is 944. The summed E-state index contributed by atoms with van der Waals surface area (Å²) in [5.74, 6) is 0.0544. The highest BCUT2D eigenvalue weighted by atomic mass is 35.5. The van der Waals surface area contributed by atoms with Gasteiger partial charge in [0.05, 0.1) is 0 Å². The largest absolute Gasteiger partial charge is 0.491 e. The summed E-state index contributed by atoms with van der Waals surface area (Å²) in [5, 5.41) is 17.8. The van der Waals surface area contributed by atoms with Crippen molar-refractivity contribution < 1.29 is 19.1 Å². The summed E-state index contributed by atoms with van der Waals surface area (Å²) in [5.41, 5.74) is 6.71. The number of ether oxygens (including phenoxy) is 1. The van der Waals surface area contributed by atoms with Crippen LogP contribution in [-0.4, -0.2) is 43.4 Å². The lowest BCUT2D eigenvalue weighted by atomic mass is 10.2. The van der Waals surface area contributed by atoms with Gasteiger partial charge in [0.1, 0.15) is 24.0 Å². The molecule has 0 radical (unpaired) electrons. The van der Waals surface area contributed by atoms with Crippen LogP contribution in [0, 0.1) is 0 Å². The van der Waals surface area contributed by atoms with E-state index in [4.69, 9.17) is 26.5 Å². The maximum Gasteiger partial charge on any atom is 0.284 e. The highest BCUT2D eigenvalue weighted by Crippen LogP contribution is 2.24. The second-order valence-corrected chi connectivity index (χ2v) is 6.72. The van der Waals surface area contributed by atoms with E-state index in [1.54, 1.807) is 24.3 Å². The minimum Gasteiger partial charge on any atom is -0.491 e. The number of halogens is 1. The number of primary amides is 1. The first-order valence-electron chi connectivity index (χ1n) is 8.85. The summed E-state index contributed by atoms with van der Waals surface area (Å²) in [4.78, 5) is 11.2. The van der Waals surface area contributed by atoms with E-state index in [0.717, 1.165) is 5.69 Å². The van der Waals surface area contributed by atoms with Gasteiger partial charge in [0.2, 0.25) is 0 Å². The van der Waals surface area contributed by atoms with Gasteiger partial charge in [-0.2, -0.15) is 0 Å². The summed E-state index contributed by atoms with van der Waals surface area (Å²) in [6.45, 7) is 1.92. The number of hydrogen-bond acceptors (Lipinski definition) is 6. The fourth-order valence-corrected chi connectivity index (χ4v) is 2.84. The number of amides is 1. The van der Waals surface area contributed by atoms with Crippen molar-refractivity contribution in [1.29, 1.82) is 0 Å². The van der Waals surface area contributed by atoms with Crippen molar-refractivity contribution in [1.82, 2.24) is 5.32 Å². The van der Waals surface area contributed by atoms with Crippen LogP contribution >= 0.6 is 11.6 Å². The van der Waals surface area contributed by atoms with Gasteiger partial charge in [0.15, 0.2) is 5.76 Å². The van der Waals surface area contributed by atoms with Crippen molar-refractivity contribution >= 4 is 34.2 Å². The number of carbonyl (C=O) groups excluding carboxylic acids is 1. The molecule has 1 amide bonds. The molecule has 0 saturated carbocycles. The van der Waals surface area contributed by atoms with Crippen LogP contribution in [0.1, 0.15) is 10.6 Å². The average molecular weight is 404 g/mol. The van der Waals surface area contributed by atoms with Gasteiger partial charge >= 0.3 is 0 Å². The summed E-state index contributed by atoms with van der Waals surface area (Å²) in [6.07, 6.45) is -0.660. The summed E-state index contributed by atoms with van der Waals surface area (Å²) >= 11 is 5.93. The lowest BCUT2D eigenvalue weighted by Gasteiger charge is -2.14. The monoisotopic (exact) mass is 403 g/mol. The number of aliphatic hydroxyl groups is 1. The van der Waals surface area contributed by atoms with E-state index in [-0.39, 0.29) is 12.4 Å². The smallest absolute Gasteiger partial charge is 0.284 e. The number of nitrogens with one attached hydrogen (secondary N) is 2. The first-order chi connectivity index (χ1) is 13.5. The number of furan rings is 1. The molecule has 3 rings (SSSR count). The molecule has 0 aliphatic heterocycles. The van der Waals surface area contributed by atoms with E-state index in [2.05, 4.69) is 10.6 Å². The van der Waals surface area contributed by atoms with Crippen LogP contribution in [0.3, 0.4) is 0 Å². The first kappa shape index (κ1) is 20.0. The third kappa shape index (κ3) is 5.63. The van der Waals surface area contributed by atoms with Gasteiger partial charge < -0.3 is 30.6 Å². The molecule has 28 heavy (non-hydrogen) atoms.